The average Bonchev–Trinajstić information content (AvgIpc) is 2.39. The number of halogens is 1. The van der Waals surface area contributed by atoms with Crippen molar-refractivity contribution in [2.45, 2.75) is 19.3 Å². The fraction of sp³-hybridized carbons (Fsp3) is 0.462. The predicted molar refractivity (Wildman–Crippen MR) is 72.7 cm³/mol. The highest BCUT2D eigenvalue weighted by molar-refractivity contribution is 6.30. The Morgan fingerprint density at radius 2 is 1.89 bits per heavy atom. The molecule has 0 saturated carbocycles. The lowest BCUT2D eigenvalue weighted by Crippen LogP contribution is -2.43. The molecule has 0 aliphatic heterocycles. The van der Waals surface area contributed by atoms with Crippen LogP contribution in [0.15, 0.2) is 18.2 Å². The smallest absolute Gasteiger partial charge is 0.255 e. The Morgan fingerprint density at radius 3 is 2.42 bits per heavy atom. The molecule has 1 amide bonds. The summed E-state index contributed by atoms with van der Waals surface area (Å²) in [7, 11) is 4.51. The zero-order valence-electron chi connectivity index (χ0n) is 11.4. The number of carbonyl (C=O) groups excluding carboxylic acids is 1. The molecule has 19 heavy (non-hydrogen) atoms. The van der Waals surface area contributed by atoms with Crippen molar-refractivity contribution in [1.29, 1.82) is 0 Å². The maximum absolute atomic E-state index is 12.1. The predicted octanol–water partition coefficient (Wildman–Crippen LogP) is 2.09. The molecule has 0 fully saturated rings. The van der Waals surface area contributed by atoms with Crippen LogP contribution in [0.3, 0.4) is 0 Å². The molecule has 1 aromatic rings. The summed E-state index contributed by atoms with van der Waals surface area (Å²) in [6, 6.07) is 4.53. The van der Waals surface area contributed by atoms with Gasteiger partial charge in [0.15, 0.2) is 6.29 Å². The quantitative estimate of drug-likeness (QED) is 0.814. The fourth-order valence-electron chi connectivity index (χ4n) is 1.71. The summed E-state index contributed by atoms with van der Waals surface area (Å²) in [5, 5.41) is 3.29. The van der Waals surface area contributed by atoms with E-state index in [2.05, 4.69) is 5.32 Å². The van der Waals surface area contributed by atoms with E-state index in [1.54, 1.807) is 25.1 Å². The first-order chi connectivity index (χ1) is 9.03. The van der Waals surface area contributed by atoms with E-state index in [1.165, 1.54) is 21.3 Å². The van der Waals surface area contributed by atoms with Crippen molar-refractivity contribution in [2.24, 2.45) is 0 Å². The largest absolute Gasteiger partial charge is 0.496 e. The molecule has 1 unspecified atom stereocenters. The van der Waals surface area contributed by atoms with Crippen LogP contribution in [0.4, 0.5) is 0 Å². The van der Waals surface area contributed by atoms with Gasteiger partial charge in [-0.2, -0.15) is 0 Å². The minimum absolute atomic E-state index is 0.278. The van der Waals surface area contributed by atoms with Gasteiger partial charge in [0.1, 0.15) is 5.75 Å². The molecular weight excluding hydrogens is 270 g/mol. The molecule has 1 aromatic carbocycles. The highest BCUT2D eigenvalue weighted by Gasteiger charge is 2.20. The fourth-order valence-corrected chi connectivity index (χ4v) is 1.87. The minimum Gasteiger partial charge on any atom is -0.496 e. The second-order valence-electron chi connectivity index (χ2n) is 3.95. The van der Waals surface area contributed by atoms with Gasteiger partial charge in [-0.05, 0) is 25.1 Å². The van der Waals surface area contributed by atoms with E-state index in [1.807, 2.05) is 0 Å². The number of rotatable bonds is 6. The van der Waals surface area contributed by atoms with E-state index in [4.69, 9.17) is 25.8 Å². The van der Waals surface area contributed by atoms with Gasteiger partial charge in [-0.3, -0.25) is 4.79 Å². The number of methoxy groups -OCH3 is 3. The summed E-state index contributed by atoms with van der Waals surface area (Å²) >= 11 is 5.85. The molecular formula is C13H18ClNO4. The molecule has 1 N–H and O–H groups in total. The highest BCUT2D eigenvalue weighted by atomic mass is 35.5. The van der Waals surface area contributed by atoms with Crippen molar-refractivity contribution in [3.05, 3.63) is 28.8 Å². The van der Waals surface area contributed by atoms with E-state index in [0.717, 1.165) is 0 Å². The SMILES string of the molecule is COc1cc(Cl)ccc1C(=O)NC(C)C(OC)OC. The number of nitrogens with one attached hydrogen (secondary N) is 1. The standard InChI is InChI=1S/C13H18ClNO4/c1-8(13(18-3)19-4)15-12(16)10-6-5-9(14)7-11(10)17-2/h5-8,13H,1-4H3,(H,15,16). The summed E-state index contributed by atoms with van der Waals surface area (Å²) in [5.74, 6) is 0.142. The van der Waals surface area contributed by atoms with Crippen LogP contribution in [0.25, 0.3) is 0 Å². The third kappa shape index (κ3) is 4.09. The Kier molecular flexibility index (Phi) is 6.08. The van der Waals surface area contributed by atoms with Crippen molar-refractivity contribution in [2.75, 3.05) is 21.3 Å². The zero-order valence-corrected chi connectivity index (χ0v) is 12.2. The molecule has 5 nitrogen and oxygen atoms in total. The first kappa shape index (κ1) is 15.8. The third-order valence-electron chi connectivity index (χ3n) is 2.64. The van der Waals surface area contributed by atoms with E-state index in [-0.39, 0.29) is 11.9 Å². The van der Waals surface area contributed by atoms with Crippen LogP contribution < -0.4 is 10.1 Å². The van der Waals surface area contributed by atoms with Crippen molar-refractivity contribution >= 4 is 17.5 Å². The van der Waals surface area contributed by atoms with Crippen molar-refractivity contribution in [1.82, 2.24) is 5.32 Å². The normalized spacial score (nSPS) is 12.3. The number of hydrogen-bond donors (Lipinski definition) is 1. The van der Waals surface area contributed by atoms with Crippen LogP contribution in [-0.2, 0) is 9.47 Å². The highest BCUT2D eigenvalue weighted by Crippen LogP contribution is 2.23. The van der Waals surface area contributed by atoms with Crippen LogP contribution >= 0.6 is 11.6 Å². The number of hydrogen-bond acceptors (Lipinski definition) is 4. The van der Waals surface area contributed by atoms with Crippen LogP contribution in [-0.4, -0.2) is 39.6 Å². The maximum atomic E-state index is 12.1. The first-order valence-electron chi connectivity index (χ1n) is 5.73. The lowest BCUT2D eigenvalue weighted by atomic mass is 10.1. The van der Waals surface area contributed by atoms with E-state index < -0.39 is 6.29 Å². The lowest BCUT2D eigenvalue weighted by molar-refractivity contribution is -0.117. The monoisotopic (exact) mass is 287 g/mol. The van der Waals surface area contributed by atoms with Crippen molar-refractivity contribution in [3.8, 4) is 5.75 Å². The minimum atomic E-state index is -0.512. The summed E-state index contributed by atoms with van der Waals surface area (Å²) < 4.78 is 15.3. The average molecular weight is 288 g/mol. The van der Waals surface area contributed by atoms with Gasteiger partial charge in [-0.25, -0.2) is 0 Å². The van der Waals surface area contributed by atoms with Gasteiger partial charge in [0.2, 0.25) is 0 Å². The van der Waals surface area contributed by atoms with E-state index in [0.29, 0.717) is 16.3 Å². The summed E-state index contributed by atoms with van der Waals surface area (Å²) in [4.78, 5) is 12.1. The van der Waals surface area contributed by atoms with Crippen molar-refractivity contribution in [3.63, 3.8) is 0 Å². The van der Waals surface area contributed by atoms with Gasteiger partial charge < -0.3 is 19.5 Å². The molecule has 0 spiro atoms. The molecule has 0 aromatic heterocycles. The van der Waals surface area contributed by atoms with Crippen molar-refractivity contribution < 1.29 is 19.0 Å². The third-order valence-corrected chi connectivity index (χ3v) is 2.87. The molecule has 1 rings (SSSR count). The summed E-state index contributed by atoms with van der Waals surface area (Å²) in [6.45, 7) is 1.79. The Morgan fingerprint density at radius 1 is 1.26 bits per heavy atom. The zero-order chi connectivity index (χ0) is 14.4. The molecule has 0 aliphatic carbocycles. The van der Waals surface area contributed by atoms with Crippen LogP contribution in [0.5, 0.6) is 5.75 Å². The molecule has 0 aliphatic rings. The second-order valence-corrected chi connectivity index (χ2v) is 4.38. The topological polar surface area (TPSA) is 56.8 Å². The number of benzene rings is 1. The van der Waals surface area contributed by atoms with Gasteiger partial charge in [0.25, 0.3) is 5.91 Å². The van der Waals surface area contributed by atoms with Gasteiger partial charge in [-0.15, -0.1) is 0 Å². The number of ether oxygens (including phenoxy) is 3. The van der Waals surface area contributed by atoms with Gasteiger partial charge >= 0.3 is 0 Å². The van der Waals surface area contributed by atoms with Crippen LogP contribution in [0.1, 0.15) is 17.3 Å². The number of amides is 1. The molecule has 6 heteroatoms. The Balaban J connectivity index is 2.83. The molecule has 0 saturated heterocycles. The van der Waals surface area contributed by atoms with Crippen LogP contribution in [0, 0.1) is 0 Å². The molecule has 0 radical (unpaired) electrons. The molecule has 0 bridgehead atoms. The van der Waals surface area contributed by atoms with Gasteiger partial charge in [0, 0.05) is 19.2 Å². The maximum Gasteiger partial charge on any atom is 0.255 e. The molecule has 0 heterocycles. The van der Waals surface area contributed by atoms with E-state index >= 15 is 0 Å². The Hall–Kier alpha value is -1.30. The second kappa shape index (κ2) is 7.33. The molecule has 1 atom stereocenters. The summed E-state index contributed by atoms with van der Waals surface area (Å²) in [5.41, 5.74) is 0.407. The van der Waals surface area contributed by atoms with Gasteiger partial charge in [-0.1, -0.05) is 11.6 Å². The van der Waals surface area contributed by atoms with Crippen LogP contribution in [0.2, 0.25) is 5.02 Å². The number of carbonyl (C=O) groups is 1. The molecule has 106 valence electrons. The van der Waals surface area contributed by atoms with E-state index in [9.17, 15) is 4.79 Å². The Bertz CT molecular complexity index is 435. The van der Waals surface area contributed by atoms with Gasteiger partial charge in [0.05, 0.1) is 18.7 Å². The Labute approximate surface area is 117 Å². The summed E-state index contributed by atoms with van der Waals surface area (Å²) in [6.07, 6.45) is -0.512. The first-order valence-corrected chi connectivity index (χ1v) is 6.11. The lowest BCUT2D eigenvalue weighted by Gasteiger charge is -2.22.